The van der Waals surface area contributed by atoms with Gasteiger partial charge in [-0.2, -0.15) is 4.31 Å². The fourth-order valence-electron chi connectivity index (χ4n) is 5.28. The highest BCUT2D eigenvalue weighted by molar-refractivity contribution is 7.89. The van der Waals surface area contributed by atoms with Crippen molar-refractivity contribution >= 4 is 44.1 Å². The van der Waals surface area contributed by atoms with E-state index in [0.717, 1.165) is 16.6 Å². The van der Waals surface area contributed by atoms with Crippen LogP contribution in [0, 0.1) is 5.82 Å². The lowest BCUT2D eigenvalue weighted by atomic mass is 10.1. The van der Waals surface area contributed by atoms with Gasteiger partial charge in [-0.1, -0.05) is 36.4 Å². The molecular weight excluding hydrogens is 585 g/mol. The van der Waals surface area contributed by atoms with E-state index in [-0.39, 0.29) is 31.1 Å². The second kappa shape index (κ2) is 12.9. The monoisotopic (exact) mass is 619 g/mol. The van der Waals surface area contributed by atoms with Crippen LogP contribution >= 0.6 is 0 Å². The summed E-state index contributed by atoms with van der Waals surface area (Å²) < 4.78 is 48.4. The number of anilines is 2. The van der Waals surface area contributed by atoms with Gasteiger partial charge in [0.15, 0.2) is 0 Å². The quantitative estimate of drug-likeness (QED) is 0.305. The number of fused-ring (bicyclic) bond motifs is 1. The normalized spacial score (nSPS) is 15.5. The topological polar surface area (TPSA) is 111 Å². The summed E-state index contributed by atoms with van der Waals surface area (Å²) in [6, 6.07) is 21.3. The Morgan fingerprint density at radius 2 is 1.66 bits per heavy atom. The molecule has 0 saturated carbocycles. The molecule has 1 unspecified atom stereocenters. The Balaban J connectivity index is 1.46. The molecule has 230 valence electrons. The van der Waals surface area contributed by atoms with E-state index >= 15 is 0 Å². The molecule has 4 aromatic carbocycles. The molecular formula is C32H34FN5O5S. The van der Waals surface area contributed by atoms with Crippen molar-refractivity contribution in [2.75, 3.05) is 51.1 Å². The minimum absolute atomic E-state index is 0.0413. The first kappa shape index (κ1) is 30.8. The molecule has 0 bridgehead atoms. The molecule has 4 aromatic rings. The highest BCUT2D eigenvalue weighted by atomic mass is 32.2. The van der Waals surface area contributed by atoms with E-state index in [2.05, 4.69) is 10.6 Å². The Hall–Kier alpha value is -4.68. The molecule has 0 aromatic heterocycles. The molecule has 1 atom stereocenters. The number of hydrogen-bond donors (Lipinski definition) is 2. The lowest BCUT2D eigenvalue weighted by molar-refractivity contribution is -0.126. The first-order valence-corrected chi connectivity index (χ1v) is 15.5. The summed E-state index contributed by atoms with van der Waals surface area (Å²) in [7, 11) is 1.11. The molecule has 10 nitrogen and oxygen atoms in total. The Labute approximate surface area is 256 Å². The van der Waals surface area contributed by atoms with Gasteiger partial charge in [-0.05, 0) is 54.1 Å². The number of ether oxygens (including phenoxy) is 1. The van der Waals surface area contributed by atoms with E-state index in [1.54, 1.807) is 43.5 Å². The van der Waals surface area contributed by atoms with Gasteiger partial charge in [-0.25, -0.2) is 17.6 Å². The van der Waals surface area contributed by atoms with E-state index in [1.165, 1.54) is 39.5 Å². The number of sulfonamides is 1. The lowest BCUT2D eigenvalue weighted by Crippen LogP contribution is -2.61. The molecule has 1 aliphatic heterocycles. The number of rotatable bonds is 8. The van der Waals surface area contributed by atoms with Crippen LogP contribution in [-0.4, -0.2) is 76.4 Å². The Bertz CT molecular complexity index is 1780. The average molecular weight is 620 g/mol. The van der Waals surface area contributed by atoms with Crippen LogP contribution in [0.5, 0.6) is 5.75 Å². The number of amides is 3. The highest BCUT2D eigenvalue weighted by Crippen LogP contribution is 2.33. The van der Waals surface area contributed by atoms with Crippen molar-refractivity contribution < 1.29 is 27.1 Å². The summed E-state index contributed by atoms with van der Waals surface area (Å²) in [6.45, 7) is -0.133. The summed E-state index contributed by atoms with van der Waals surface area (Å²) >= 11 is 0. The van der Waals surface area contributed by atoms with Gasteiger partial charge in [-0.15, -0.1) is 0 Å². The minimum atomic E-state index is -4.20. The smallest absolute Gasteiger partial charge is 0.321 e. The van der Waals surface area contributed by atoms with Crippen LogP contribution in [0.25, 0.3) is 10.8 Å². The molecule has 1 saturated heterocycles. The van der Waals surface area contributed by atoms with Gasteiger partial charge in [0.05, 0.1) is 12.0 Å². The second-order valence-electron chi connectivity index (χ2n) is 10.6. The van der Waals surface area contributed by atoms with Crippen LogP contribution in [-0.2, 0) is 21.4 Å². The first-order chi connectivity index (χ1) is 21.1. The molecule has 1 fully saturated rings. The number of hydrogen-bond acceptors (Lipinski definition) is 6. The van der Waals surface area contributed by atoms with Crippen molar-refractivity contribution in [2.45, 2.75) is 17.5 Å². The molecule has 12 heteroatoms. The van der Waals surface area contributed by atoms with Crippen LogP contribution in [0.1, 0.15) is 5.56 Å². The Kier molecular flexibility index (Phi) is 9.02. The number of nitrogens with zero attached hydrogens (tertiary/aromatic N) is 3. The van der Waals surface area contributed by atoms with Crippen molar-refractivity contribution in [2.24, 2.45) is 0 Å². The maximum absolute atomic E-state index is 14.3. The van der Waals surface area contributed by atoms with Crippen LogP contribution in [0.3, 0.4) is 0 Å². The number of methoxy groups -OCH3 is 1. The van der Waals surface area contributed by atoms with Gasteiger partial charge >= 0.3 is 6.03 Å². The van der Waals surface area contributed by atoms with Crippen LogP contribution in [0.2, 0.25) is 0 Å². The third-order valence-corrected chi connectivity index (χ3v) is 9.51. The fourth-order valence-corrected chi connectivity index (χ4v) is 7.06. The fraction of sp³-hybridized carbons (Fsp3) is 0.250. The number of piperazine rings is 1. The second-order valence-corrected chi connectivity index (χ2v) is 12.5. The summed E-state index contributed by atoms with van der Waals surface area (Å²) in [5.41, 5.74) is 1.99. The summed E-state index contributed by atoms with van der Waals surface area (Å²) in [5, 5.41) is 6.83. The molecule has 5 rings (SSSR count). The zero-order valence-electron chi connectivity index (χ0n) is 24.7. The number of halogens is 1. The highest BCUT2D eigenvalue weighted by Gasteiger charge is 2.42. The number of urea groups is 1. The van der Waals surface area contributed by atoms with Crippen LogP contribution in [0.4, 0.5) is 20.6 Å². The number of nitrogens with one attached hydrogen (secondary N) is 2. The maximum Gasteiger partial charge on any atom is 0.321 e. The van der Waals surface area contributed by atoms with Gasteiger partial charge in [-0.3, -0.25) is 4.79 Å². The molecule has 1 aliphatic rings. The van der Waals surface area contributed by atoms with Crippen molar-refractivity contribution in [3.05, 3.63) is 96.3 Å². The maximum atomic E-state index is 14.3. The standard InChI is InChI=1S/C32H34FN5O5S/c1-36(2)28-11-5-10-27-26(28)9-6-12-30(27)44(41,42)38-18-17-37(32(40)35-24-15-13-23(33)14-16-24)21-29(38)31(39)34-20-22-7-4-8-25(19-22)43-3/h4-16,19,29H,17-18,20-21H2,1-3H3,(H,34,39)(H,35,40). The zero-order valence-corrected chi connectivity index (χ0v) is 25.5. The SMILES string of the molecule is COc1cccc(CNC(=O)C2CN(C(=O)Nc3ccc(F)cc3)CCN2S(=O)(=O)c2cccc3c(N(C)C)cccc23)c1. The van der Waals surface area contributed by atoms with Crippen molar-refractivity contribution in [3.63, 3.8) is 0 Å². The Morgan fingerprint density at radius 1 is 0.955 bits per heavy atom. The van der Waals surface area contributed by atoms with Crippen molar-refractivity contribution in [1.29, 1.82) is 0 Å². The number of benzene rings is 4. The van der Waals surface area contributed by atoms with E-state index in [4.69, 9.17) is 4.74 Å². The molecule has 0 spiro atoms. The number of carbonyl (C=O) groups is 2. The molecule has 44 heavy (non-hydrogen) atoms. The first-order valence-electron chi connectivity index (χ1n) is 14.0. The summed E-state index contributed by atoms with van der Waals surface area (Å²) in [4.78, 5) is 30.3. The third-order valence-electron chi connectivity index (χ3n) is 7.55. The molecule has 0 radical (unpaired) electrons. The molecule has 0 aliphatic carbocycles. The van der Waals surface area contributed by atoms with E-state index < -0.39 is 33.8 Å². The van der Waals surface area contributed by atoms with Gasteiger partial charge in [0, 0.05) is 62.4 Å². The van der Waals surface area contributed by atoms with Crippen molar-refractivity contribution in [1.82, 2.24) is 14.5 Å². The van der Waals surface area contributed by atoms with Crippen LogP contribution in [0.15, 0.2) is 89.8 Å². The number of carbonyl (C=O) groups excluding carboxylic acids is 2. The largest absolute Gasteiger partial charge is 0.497 e. The van der Waals surface area contributed by atoms with Crippen molar-refractivity contribution in [3.8, 4) is 5.75 Å². The predicted molar refractivity (Wildman–Crippen MR) is 168 cm³/mol. The third kappa shape index (κ3) is 6.46. The van der Waals surface area contributed by atoms with Gasteiger partial charge in [0.2, 0.25) is 15.9 Å². The van der Waals surface area contributed by atoms with Gasteiger partial charge in [0.1, 0.15) is 17.6 Å². The zero-order chi connectivity index (χ0) is 31.4. The Morgan fingerprint density at radius 3 is 2.39 bits per heavy atom. The van der Waals surface area contributed by atoms with Gasteiger partial charge < -0.3 is 25.2 Å². The van der Waals surface area contributed by atoms with E-state index in [1.807, 2.05) is 37.2 Å². The molecule has 1 heterocycles. The minimum Gasteiger partial charge on any atom is -0.497 e. The van der Waals surface area contributed by atoms with E-state index in [0.29, 0.717) is 16.8 Å². The average Bonchev–Trinajstić information content (AvgIpc) is 3.03. The molecule has 2 N–H and O–H groups in total. The lowest BCUT2D eigenvalue weighted by Gasteiger charge is -2.39. The molecule has 3 amide bonds. The predicted octanol–water partition coefficient (Wildman–Crippen LogP) is 4.28. The van der Waals surface area contributed by atoms with Gasteiger partial charge in [0.25, 0.3) is 0 Å². The van der Waals surface area contributed by atoms with E-state index in [9.17, 15) is 22.4 Å². The summed E-state index contributed by atoms with van der Waals surface area (Å²) in [5.74, 6) is -0.374. The van der Waals surface area contributed by atoms with Crippen LogP contribution < -0.4 is 20.3 Å². The summed E-state index contributed by atoms with van der Waals surface area (Å²) in [6.07, 6.45) is 0.